The van der Waals surface area contributed by atoms with Crippen molar-refractivity contribution in [1.29, 1.82) is 0 Å². The Balaban J connectivity index is 2.49. The maximum Gasteiger partial charge on any atom is 0.306 e. The Labute approximate surface area is 105 Å². The SMILES string of the molecule is CC(Cc1cn(C)c2c(Cl)cccc12)C(=O)O. The molecule has 0 bridgehead atoms. The van der Waals surface area contributed by atoms with Crippen LogP contribution >= 0.6 is 11.6 Å². The van der Waals surface area contributed by atoms with E-state index < -0.39 is 5.97 Å². The van der Waals surface area contributed by atoms with Gasteiger partial charge < -0.3 is 9.67 Å². The molecule has 1 aromatic carbocycles. The Bertz CT molecular complexity index is 574. The number of para-hydroxylation sites is 1. The van der Waals surface area contributed by atoms with Gasteiger partial charge in [-0.25, -0.2) is 0 Å². The maximum absolute atomic E-state index is 10.9. The van der Waals surface area contributed by atoms with Crippen LogP contribution in [-0.2, 0) is 18.3 Å². The number of carboxylic acids is 1. The molecule has 17 heavy (non-hydrogen) atoms. The van der Waals surface area contributed by atoms with Crippen LogP contribution in [0.5, 0.6) is 0 Å². The van der Waals surface area contributed by atoms with Gasteiger partial charge in [0, 0.05) is 18.6 Å². The molecule has 0 spiro atoms. The molecule has 0 amide bonds. The van der Waals surface area contributed by atoms with Crippen molar-refractivity contribution in [2.45, 2.75) is 13.3 Å². The first-order chi connectivity index (χ1) is 8.00. The molecule has 2 rings (SSSR count). The van der Waals surface area contributed by atoms with Gasteiger partial charge in [0.1, 0.15) is 0 Å². The molecule has 3 nitrogen and oxygen atoms in total. The first-order valence-corrected chi connectivity index (χ1v) is 5.83. The number of aromatic nitrogens is 1. The van der Waals surface area contributed by atoms with E-state index in [2.05, 4.69) is 0 Å². The second-order valence-electron chi connectivity index (χ2n) is 4.34. The highest BCUT2D eigenvalue weighted by Gasteiger charge is 2.16. The summed E-state index contributed by atoms with van der Waals surface area (Å²) in [7, 11) is 1.92. The van der Waals surface area contributed by atoms with Crippen LogP contribution in [0.3, 0.4) is 0 Å². The number of carboxylic acid groups (broad SMARTS) is 1. The molecule has 0 aliphatic rings. The molecule has 1 heterocycles. The van der Waals surface area contributed by atoms with Gasteiger partial charge in [-0.05, 0) is 18.1 Å². The van der Waals surface area contributed by atoms with Crippen LogP contribution < -0.4 is 0 Å². The monoisotopic (exact) mass is 251 g/mol. The first kappa shape index (κ1) is 12.0. The van der Waals surface area contributed by atoms with Gasteiger partial charge in [0.05, 0.1) is 16.5 Å². The van der Waals surface area contributed by atoms with Gasteiger partial charge in [-0.2, -0.15) is 0 Å². The highest BCUT2D eigenvalue weighted by molar-refractivity contribution is 6.35. The average Bonchev–Trinajstić information content (AvgIpc) is 2.57. The summed E-state index contributed by atoms with van der Waals surface area (Å²) < 4.78 is 1.95. The van der Waals surface area contributed by atoms with Gasteiger partial charge in [-0.15, -0.1) is 0 Å². The quantitative estimate of drug-likeness (QED) is 0.911. The lowest BCUT2D eigenvalue weighted by Gasteiger charge is -2.04. The van der Waals surface area contributed by atoms with E-state index in [1.54, 1.807) is 6.92 Å². The van der Waals surface area contributed by atoms with Crippen molar-refractivity contribution in [2.75, 3.05) is 0 Å². The topological polar surface area (TPSA) is 42.2 Å². The number of nitrogens with zero attached hydrogens (tertiary/aromatic N) is 1. The molecule has 1 atom stereocenters. The van der Waals surface area contributed by atoms with Crippen molar-refractivity contribution in [3.8, 4) is 0 Å². The predicted octanol–water partition coefficient (Wildman–Crippen LogP) is 3.09. The lowest BCUT2D eigenvalue weighted by atomic mass is 10.0. The van der Waals surface area contributed by atoms with Gasteiger partial charge in [0.15, 0.2) is 0 Å². The van der Waals surface area contributed by atoms with E-state index in [4.69, 9.17) is 16.7 Å². The lowest BCUT2D eigenvalue weighted by Crippen LogP contribution is -2.11. The minimum Gasteiger partial charge on any atom is -0.481 e. The molecule has 1 unspecified atom stereocenters. The van der Waals surface area contributed by atoms with Crippen molar-refractivity contribution < 1.29 is 9.90 Å². The molecule has 0 fully saturated rings. The zero-order valence-electron chi connectivity index (χ0n) is 9.77. The number of rotatable bonds is 3. The summed E-state index contributed by atoms with van der Waals surface area (Å²) in [5, 5.41) is 10.7. The highest BCUT2D eigenvalue weighted by atomic mass is 35.5. The number of fused-ring (bicyclic) bond motifs is 1. The normalized spacial score (nSPS) is 12.9. The molecule has 90 valence electrons. The van der Waals surface area contributed by atoms with Crippen LogP contribution in [0.15, 0.2) is 24.4 Å². The Hall–Kier alpha value is -1.48. The minimum absolute atomic E-state index is 0.389. The number of hydrogen-bond donors (Lipinski definition) is 1. The summed E-state index contributed by atoms with van der Waals surface area (Å²) in [5.41, 5.74) is 1.99. The Morgan fingerprint density at radius 1 is 1.53 bits per heavy atom. The third kappa shape index (κ3) is 2.15. The van der Waals surface area contributed by atoms with Crippen molar-refractivity contribution in [2.24, 2.45) is 13.0 Å². The van der Waals surface area contributed by atoms with Crippen molar-refractivity contribution in [3.05, 3.63) is 35.0 Å². The summed E-state index contributed by atoms with van der Waals surface area (Å²) >= 11 is 6.14. The standard InChI is InChI=1S/C13H14ClNO2/c1-8(13(16)17)6-9-7-15(2)12-10(9)4-3-5-11(12)14/h3-5,7-8H,6H2,1-2H3,(H,16,17). The van der Waals surface area contributed by atoms with E-state index in [-0.39, 0.29) is 5.92 Å². The summed E-state index contributed by atoms with van der Waals surface area (Å²) in [6.07, 6.45) is 2.48. The van der Waals surface area contributed by atoms with E-state index in [0.29, 0.717) is 11.4 Å². The average molecular weight is 252 g/mol. The third-order valence-electron chi connectivity index (χ3n) is 2.98. The Morgan fingerprint density at radius 2 is 2.24 bits per heavy atom. The second kappa shape index (κ2) is 4.41. The van der Waals surface area contributed by atoms with E-state index in [9.17, 15) is 4.79 Å². The van der Waals surface area contributed by atoms with Gasteiger partial charge in [-0.1, -0.05) is 30.7 Å². The molecule has 2 aromatic rings. The predicted molar refractivity (Wildman–Crippen MR) is 68.4 cm³/mol. The molecule has 1 N–H and O–H groups in total. The molecule has 0 radical (unpaired) electrons. The second-order valence-corrected chi connectivity index (χ2v) is 4.75. The third-order valence-corrected chi connectivity index (χ3v) is 3.29. The number of benzene rings is 1. The van der Waals surface area contributed by atoms with Gasteiger partial charge in [0.2, 0.25) is 0 Å². The summed E-state index contributed by atoms with van der Waals surface area (Å²) in [5.74, 6) is -1.16. The number of aryl methyl sites for hydroxylation is 1. The summed E-state index contributed by atoms with van der Waals surface area (Å²) in [4.78, 5) is 10.9. The van der Waals surface area contributed by atoms with Crippen LogP contribution in [0.25, 0.3) is 10.9 Å². The first-order valence-electron chi connectivity index (χ1n) is 5.46. The van der Waals surface area contributed by atoms with E-state index in [1.165, 1.54) is 0 Å². The van der Waals surface area contributed by atoms with Crippen LogP contribution in [0, 0.1) is 5.92 Å². The van der Waals surface area contributed by atoms with Crippen molar-refractivity contribution in [3.63, 3.8) is 0 Å². The molecular formula is C13H14ClNO2. The van der Waals surface area contributed by atoms with Crippen LogP contribution in [0.4, 0.5) is 0 Å². The molecular weight excluding hydrogens is 238 g/mol. The fourth-order valence-corrected chi connectivity index (χ4v) is 2.39. The molecule has 0 aliphatic carbocycles. The Morgan fingerprint density at radius 3 is 2.88 bits per heavy atom. The van der Waals surface area contributed by atoms with E-state index >= 15 is 0 Å². The molecule has 4 heteroatoms. The smallest absolute Gasteiger partial charge is 0.306 e. The fraction of sp³-hybridized carbons (Fsp3) is 0.308. The number of aliphatic carboxylic acids is 1. The van der Waals surface area contributed by atoms with Crippen molar-refractivity contribution in [1.82, 2.24) is 4.57 Å². The number of carbonyl (C=O) groups is 1. The minimum atomic E-state index is -0.774. The molecule has 0 saturated heterocycles. The number of hydrogen-bond acceptors (Lipinski definition) is 1. The fourth-order valence-electron chi connectivity index (χ4n) is 2.08. The van der Waals surface area contributed by atoms with E-state index in [0.717, 1.165) is 16.5 Å². The zero-order chi connectivity index (χ0) is 12.6. The Kier molecular flexibility index (Phi) is 3.11. The molecule has 0 saturated carbocycles. The largest absolute Gasteiger partial charge is 0.481 e. The molecule has 0 aliphatic heterocycles. The summed E-state index contributed by atoms with van der Waals surface area (Å²) in [6.45, 7) is 1.71. The van der Waals surface area contributed by atoms with Crippen LogP contribution in [0.2, 0.25) is 5.02 Å². The van der Waals surface area contributed by atoms with Crippen LogP contribution in [-0.4, -0.2) is 15.6 Å². The zero-order valence-corrected chi connectivity index (χ0v) is 10.5. The van der Waals surface area contributed by atoms with Gasteiger partial charge in [-0.3, -0.25) is 4.79 Å². The highest BCUT2D eigenvalue weighted by Crippen LogP contribution is 2.28. The van der Waals surface area contributed by atoms with E-state index in [1.807, 2.05) is 36.0 Å². The van der Waals surface area contributed by atoms with Gasteiger partial charge in [0.25, 0.3) is 0 Å². The van der Waals surface area contributed by atoms with Gasteiger partial charge >= 0.3 is 5.97 Å². The maximum atomic E-state index is 10.9. The molecule has 1 aromatic heterocycles. The number of halogens is 1. The van der Waals surface area contributed by atoms with Crippen LogP contribution in [0.1, 0.15) is 12.5 Å². The van der Waals surface area contributed by atoms with Crippen molar-refractivity contribution >= 4 is 28.5 Å². The lowest BCUT2D eigenvalue weighted by molar-refractivity contribution is -0.141. The summed E-state index contributed by atoms with van der Waals surface area (Å²) in [6, 6.07) is 5.71.